The monoisotopic (exact) mass is 334 g/mol. The van der Waals surface area contributed by atoms with Crippen LogP contribution in [0.25, 0.3) is 16.8 Å². The van der Waals surface area contributed by atoms with Crippen LogP contribution in [0.1, 0.15) is 68.7 Å². The number of nitrogens with zero attached hydrogens (tertiary/aromatic N) is 1. The van der Waals surface area contributed by atoms with Crippen molar-refractivity contribution >= 4 is 5.57 Å². The Bertz CT molecular complexity index is 809. The second-order valence-electron chi connectivity index (χ2n) is 7.62. The predicted molar refractivity (Wildman–Crippen MR) is 108 cm³/mol. The van der Waals surface area contributed by atoms with E-state index >= 15 is 0 Å². The number of pyridine rings is 1. The maximum atomic E-state index is 4.58. The van der Waals surface area contributed by atoms with E-state index in [9.17, 15) is 0 Å². The van der Waals surface area contributed by atoms with Crippen LogP contribution in [0, 0.1) is 13.8 Å². The van der Waals surface area contributed by atoms with E-state index in [-0.39, 0.29) is 5.54 Å². The topological polar surface area (TPSA) is 3.88 Å². The standard InChI is InChI=1S/C24H32N/c1-7-10-11-20-12-13-21-19(6)24(8-2,9-3)25-16-17(4)14-18(5)23(25)22(21)15-20/h12-16H,6-11H2,1-5H3/q+1. The molecule has 0 spiro atoms. The lowest BCUT2D eigenvalue weighted by Crippen LogP contribution is -2.59. The Hall–Kier alpha value is -1.89. The largest absolute Gasteiger partial charge is 0.216 e. The van der Waals surface area contributed by atoms with Crippen LogP contribution < -0.4 is 4.57 Å². The minimum atomic E-state index is -0.00987. The molecule has 0 saturated carbocycles. The van der Waals surface area contributed by atoms with Crippen LogP contribution in [0.3, 0.4) is 0 Å². The van der Waals surface area contributed by atoms with Crippen LogP contribution in [0.15, 0.2) is 37.0 Å². The molecule has 0 unspecified atom stereocenters. The van der Waals surface area contributed by atoms with Crippen LogP contribution in [0.2, 0.25) is 0 Å². The molecule has 1 aromatic heterocycles. The van der Waals surface area contributed by atoms with Crippen molar-refractivity contribution in [2.24, 2.45) is 0 Å². The van der Waals surface area contributed by atoms with E-state index in [1.807, 2.05) is 0 Å². The van der Waals surface area contributed by atoms with E-state index in [2.05, 4.69) is 76.2 Å². The van der Waals surface area contributed by atoms with Crippen LogP contribution >= 0.6 is 0 Å². The van der Waals surface area contributed by atoms with Gasteiger partial charge in [0.2, 0.25) is 5.69 Å². The van der Waals surface area contributed by atoms with E-state index in [4.69, 9.17) is 0 Å². The van der Waals surface area contributed by atoms with E-state index in [1.165, 1.54) is 51.9 Å². The highest BCUT2D eigenvalue weighted by Gasteiger charge is 2.47. The number of benzene rings is 1. The van der Waals surface area contributed by atoms with E-state index in [1.54, 1.807) is 0 Å². The molecule has 3 rings (SSSR count). The summed E-state index contributed by atoms with van der Waals surface area (Å²) in [6.45, 7) is 15.9. The van der Waals surface area contributed by atoms with E-state index < -0.39 is 0 Å². The Morgan fingerprint density at radius 2 is 1.72 bits per heavy atom. The van der Waals surface area contributed by atoms with Gasteiger partial charge in [-0.2, -0.15) is 4.57 Å². The lowest BCUT2D eigenvalue weighted by atomic mass is 9.74. The Morgan fingerprint density at radius 1 is 1.00 bits per heavy atom. The summed E-state index contributed by atoms with van der Waals surface area (Å²) in [7, 11) is 0. The van der Waals surface area contributed by atoms with Gasteiger partial charge in [-0.15, -0.1) is 0 Å². The molecule has 0 atom stereocenters. The van der Waals surface area contributed by atoms with Crippen LogP contribution in [0.4, 0.5) is 0 Å². The molecule has 0 amide bonds. The van der Waals surface area contributed by atoms with Crippen LogP contribution in [-0.4, -0.2) is 0 Å². The van der Waals surface area contributed by atoms with Gasteiger partial charge in [-0.1, -0.05) is 45.9 Å². The first-order valence-corrected chi connectivity index (χ1v) is 9.85. The lowest BCUT2D eigenvalue weighted by Gasteiger charge is -2.35. The maximum absolute atomic E-state index is 4.58. The number of hydrogen-bond acceptors (Lipinski definition) is 0. The summed E-state index contributed by atoms with van der Waals surface area (Å²) in [4.78, 5) is 0. The average Bonchev–Trinajstić information content (AvgIpc) is 2.60. The number of rotatable bonds is 5. The number of aryl methyl sites for hydroxylation is 3. The number of unbranched alkanes of at least 4 members (excludes halogenated alkanes) is 1. The molecule has 2 aromatic rings. The molecule has 0 radical (unpaired) electrons. The van der Waals surface area contributed by atoms with Crippen molar-refractivity contribution in [2.45, 2.75) is 72.3 Å². The van der Waals surface area contributed by atoms with Crippen molar-refractivity contribution in [3.8, 4) is 11.3 Å². The van der Waals surface area contributed by atoms with Crippen molar-refractivity contribution in [3.63, 3.8) is 0 Å². The molecular formula is C24H32N+. The molecule has 1 nitrogen and oxygen atoms in total. The van der Waals surface area contributed by atoms with Gasteiger partial charge < -0.3 is 0 Å². The summed E-state index contributed by atoms with van der Waals surface area (Å²) >= 11 is 0. The molecule has 2 heterocycles. The van der Waals surface area contributed by atoms with Gasteiger partial charge in [-0.3, -0.25) is 0 Å². The van der Waals surface area contributed by atoms with Crippen molar-refractivity contribution in [1.82, 2.24) is 0 Å². The highest BCUT2D eigenvalue weighted by atomic mass is 15.1. The Morgan fingerprint density at radius 3 is 2.36 bits per heavy atom. The zero-order valence-corrected chi connectivity index (χ0v) is 16.6. The van der Waals surface area contributed by atoms with Crippen molar-refractivity contribution in [2.75, 3.05) is 0 Å². The summed E-state index contributed by atoms with van der Waals surface area (Å²) in [6, 6.07) is 9.37. The minimum absolute atomic E-state index is 0.00987. The van der Waals surface area contributed by atoms with Gasteiger partial charge in [-0.05, 0) is 49.9 Å². The molecule has 1 aliphatic heterocycles. The SMILES string of the molecule is C=C1c2ccc(CCCC)cc2-c2c(C)cc(C)c[n+]2C1(CC)CC. The number of allylic oxidation sites excluding steroid dienone is 1. The predicted octanol–water partition coefficient (Wildman–Crippen LogP) is 6.14. The van der Waals surface area contributed by atoms with Crippen molar-refractivity contribution in [3.05, 3.63) is 59.3 Å². The van der Waals surface area contributed by atoms with Crippen molar-refractivity contribution in [1.29, 1.82) is 0 Å². The van der Waals surface area contributed by atoms with Gasteiger partial charge in [0.15, 0.2) is 11.7 Å². The summed E-state index contributed by atoms with van der Waals surface area (Å²) in [6.07, 6.45) is 8.12. The molecule has 1 aliphatic rings. The highest BCUT2D eigenvalue weighted by molar-refractivity contribution is 5.84. The molecule has 0 bridgehead atoms. The van der Waals surface area contributed by atoms with E-state index in [0.29, 0.717) is 0 Å². The molecular weight excluding hydrogens is 302 g/mol. The number of hydrogen-bond donors (Lipinski definition) is 0. The van der Waals surface area contributed by atoms with Gasteiger partial charge in [-0.25, -0.2) is 0 Å². The summed E-state index contributed by atoms with van der Waals surface area (Å²) in [5.74, 6) is 0. The fourth-order valence-corrected chi connectivity index (χ4v) is 4.59. The Kier molecular flexibility index (Phi) is 4.86. The first-order chi connectivity index (χ1) is 12.0. The number of aromatic nitrogens is 1. The molecule has 1 heteroatoms. The number of fused-ring (bicyclic) bond motifs is 3. The summed E-state index contributed by atoms with van der Waals surface area (Å²) in [5.41, 5.74) is 9.50. The Labute approximate surface area is 153 Å². The highest BCUT2D eigenvalue weighted by Crippen LogP contribution is 2.44. The molecule has 132 valence electrons. The van der Waals surface area contributed by atoms with Gasteiger partial charge in [0, 0.05) is 29.5 Å². The first-order valence-electron chi connectivity index (χ1n) is 9.85. The third-order valence-corrected chi connectivity index (χ3v) is 6.07. The molecule has 0 N–H and O–H groups in total. The zero-order valence-electron chi connectivity index (χ0n) is 16.6. The second kappa shape index (κ2) is 6.78. The van der Waals surface area contributed by atoms with Gasteiger partial charge in [0.05, 0.1) is 5.56 Å². The fourth-order valence-electron chi connectivity index (χ4n) is 4.59. The smallest absolute Gasteiger partial charge is 0.188 e. The summed E-state index contributed by atoms with van der Waals surface area (Å²) in [5, 5.41) is 0. The van der Waals surface area contributed by atoms with Gasteiger partial charge in [0.1, 0.15) is 0 Å². The maximum Gasteiger partial charge on any atom is 0.216 e. The van der Waals surface area contributed by atoms with Crippen LogP contribution in [0.5, 0.6) is 0 Å². The molecule has 0 fully saturated rings. The Balaban J connectivity index is 2.30. The normalized spacial score (nSPS) is 15.0. The summed E-state index contributed by atoms with van der Waals surface area (Å²) < 4.78 is 2.53. The first kappa shape index (κ1) is 17.9. The third kappa shape index (κ3) is 2.74. The van der Waals surface area contributed by atoms with Crippen molar-refractivity contribution < 1.29 is 4.57 Å². The molecule has 1 aromatic carbocycles. The minimum Gasteiger partial charge on any atom is -0.188 e. The lowest BCUT2D eigenvalue weighted by molar-refractivity contribution is -0.742. The average molecular weight is 335 g/mol. The zero-order chi connectivity index (χ0) is 18.2. The quantitative estimate of drug-likeness (QED) is 0.578. The molecule has 0 aliphatic carbocycles. The molecule has 0 saturated heterocycles. The molecule has 25 heavy (non-hydrogen) atoms. The second-order valence-corrected chi connectivity index (χ2v) is 7.62. The van der Waals surface area contributed by atoms with Gasteiger partial charge in [0.25, 0.3) is 0 Å². The third-order valence-electron chi connectivity index (χ3n) is 6.07. The van der Waals surface area contributed by atoms with Crippen LogP contribution in [-0.2, 0) is 12.0 Å². The van der Waals surface area contributed by atoms with E-state index in [0.717, 1.165) is 19.3 Å². The fraction of sp³-hybridized carbons (Fsp3) is 0.458. The van der Waals surface area contributed by atoms with Gasteiger partial charge >= 0.3 is 0 Å².